The Labute approximate surface area is 141 Å². The number of anilines is 1. The van der Waals surface area contributed by atoms with Crippen LogP contribution in [0.15, 0.2) is 59.7 Å². The topological polar surface area (TPSA) is 32.3 Å². The average Bonchev–Trinajstić information content (AvgIpc) is 2.76. The number of carbonyl (C=O) groups excluding carboxylic acids is 1. The van der Waals surface area contributed by atoms with Gasteiger partial charge in [0.25, 0.3) is 5.91 Å². The molecular formula is C20H21FN2O. The molecule has 0 unspecified atom stereocenters. The van der Waals surface area contributed by atoms with Gasteiger partial charge in [0, 0.05) is 12.1 Å². The molecule has 2 aromatic rings. The Balaban J connectivity index is 1.88. The van der Waals surface area contributed by atoms with Crippen molar-refractivity contribution < 1.29 is 9.18 Å². The van der Waals surface area contributed by atoms with Crippen LogP contribution in [-0.4, -0.2) is 17.0 Å². The van der Waals surface area contributed by atoms with E-state index in [1.54, 1.807) is 11.0 Å². The molecule has 0 spiro atoms. The highest BCUT2D eigenvalue weighted by molar-refractivity contribution is 5.97. The maximum absolute atomic E-state index is 14.2. The molecule has 0 saturated carbocycles. The van der Waals surface area contributed by atoms with E-state index in [4.69, 9.17) is 0 Å². The van der Waals surface area contributed by atoms with Crippen molar-refractivity contribution in [2.45, 2.75) is 33.5 Å². The standard InChI is InChI=1S/C20H21FN2O/c1-13-9-10-18(17(21)11-13)22-19-14(2)15(3)20(24)23(19)12-16-7-5-4-6-8-16/h4-11,19,22H,12H2,1-3H3/t19-/m1/s1. The molecule has 0 saturated heterocycles. The highest BCUT2D eigenvalue weighted by Gasteiger charge is 2.35. The van der Waals surface area contributed by atoms with Gasteiger partial charge in [0.05, 0.1) is 5.69 Å². The third kappa shape index (κ3) is 3.04. The molecule has 1 amide bonds. The fourth-order valence-corrected chi connectivity index (χ4v) is 2.95. The van der Waals surface area contributed by atoms with Gasteiger partial charge in [-0.2, -0.15) is 0 Å². The first-order valence-electron chi connectivity index (χ1n) is 8.02. The maximum Gasteiger partial charge on any atom is 0.251 e. The van der Waals surface area contributed by atoms with Crippen LogP contribution in [0.1, 0.15) is 25.0 Å². The van der Waals surface area contributed by atoms with Crippen molar-refractivity contribution in [1.82, 2.24) is 4.90 Å². The van der Waals surface area contributed by atoms with Crippen molar-refractivity contribution in [2.24, 2.45) is 0 Å². The average molecular weight is 324 g/mol. The number of halogens is 1. The molecule has 0 radical (unpaired) electrons. The Kier molecular flexibility index (Phi) is 4.38. The van der Waals surface area contributed by atoms with E-state index in [1.807, 2.05) is 57.2 Å². The zero-order valence-electron chi connectivity index (χ0n) is 14.1. The number of amides is 1. The largest absolute Gasteiger partial charge is 0.359 e. The quantitative estimate of drug-likeness (QED) is 0.912. The fourth-order valence-electron chi connectivity index (χ4n) is 2.95. The Hall–Kier alpha value is -2.62. The van der Waals surface area contributed by atoms with Gasteiger partial charge < -0.3 is 10.2 Å². The molecule has 1 aliphatic rings. The van der Waals surface area contributed by atoms with Crippen molar-refractivity contribution in [3.05, 3.63) is 76.6 Å². The molecule has 3 rings (SSSR count). The second-order valence-electron chi connectivity index (χ2n) is 6.26. The van der Waals surface area contributed by atoms with Crippen LogP contribution in [0.25, 0.3) is 0 Å². The minimum absolute atomic E-state index is 0.0126. The van der Waals surface area contributed by atoms with Gasteiger partial charge in [0.1, 0.15) is 12.0 Å². The second-order valence-corrected chi connectivity index (χ2v) is 6.26. The summed E-state index contributed by atoms with van der Waals surface area (Å²) in [5.41, 5.74) is 3.96. The number of nitrogens with zero attached hydrogens (tertiary/aromatic N) is 1. The van der Waals surface area contributed by atoms with Crippen molar-refractivity contribution in [3.63, 3.8) is 0 Å². The highest BCUT2D eigenvalue weighted by Crippen LogP contribution is 2.29. The molecule has 1 atom stereocenters. The Morgan fingerprint density at radius 1 is 1.08 bits per heavy atom. The van der Waals surface area contributed by atoms with E-state index in [-0.39, 0.29) is 17.9 Å². The summed E-state index contributed by atoms with van der Waals surface area (Å²) >= 11 is 0. The van der Waals surface area contributed by atoms with Gasteiger partial charge in [0.2, 0.25) is 0 Å². The lowest BCUT2D eigenvalue weighted by molar-refractivity contribution is -0.127. The molecule has 3 nitrogen and oxygen atoms in total. The summed E-state index contributed by atoms with van der Waals surface area (Å²) in [5.74, 6) is -0.319. The number of hydrogen-bond acceptors (Lipinski definition) is 2. The third-order valence-electron chi connectivity index (χ3n) is 4.51. The van der Waals surface area contributed by atoms with E-state index in [9.17, 15) is 9.18 Å². The number of carbonyl (C=O) groups is 1. The summed E-state index contributed by atoms with van der Waals surface area (Å²) in [5, 5.41) is 3.19. The van der Waals surface area contributed by atoms with Crippen LogP contribution >= 0.6 is 0 Å². The Morgan fingerprint density at radius 2 is 1.79 bits per heavy atom. The van der Waals surface area contributed by atoms with E-state index < -0.39 is 0 Å². The summed E-state index contributed by atoms with van der Waals surface area (Å²) < 4.78 is 14.2. The lowest BCUT2D eigenvalue weighted by atomic mass is 10.1. The van der Waals surface area contributed by atoms with Crippen LogP contribution in [-0.2, 0) is 11.3 Å². The van der Waals surface area contributed by atoms with Crippen molar-refractivity contribution >= 4 is 11.6 Å². The summed E-state index contributed by atoms with van der Waals surface area (Å²) in [6, 6.07) is 14.9. The molecule has 0 bridgehead atoms. The zero-order valence-corrected chi connectivity index (χ0v) is 14.1. The van der Waals surface area contributed by atoms with Crippen molar-refractivity contribution in [3.8, 4) is 0 Å². The number of hydrogen-bond donors (Lipinski definition) is 1. The first-order valence-corrected chi connectivity index (χ1v) is 8.02. The molecular weight excluding hydrogens is 303 g/mol. The second kappa shape index (κ2) is 6.48. The Bertz CT molecular complexity index is 799. The van der Waals surface area contributed by atoms with E-state index in [2.05, 4.69) is 5.32 Å². The molecule has 124 valence electrons. The van der Waals surface area contributed by atoms with Crippen molar-refractivity contribution in [1.29, 1.82) is 0 Å². The van der Waals surface area contributed by atoms with Crippen LogP contribution in [0.4, 0.5) is 10.1 Å². The molecule has 1 N–H and O–H groups in total. The monoisotopic (exact) mass is 324 g/mol. The van der Waals surface area contributed by atoms with E-state index >= 15 is 0 Å². The fraction of sp³-hybridized carbons (Fsp3) is 0.250. The molecule has 4 heteroatoms. The van der Waals surface area contributed by atoms with Crippen LogP contribution < -0.4 is 5.32 Å². The molecule has 0 aromatic heterocycles. The summed E-state index contributed by atoms with van der Waals surface area (Å²) in [6.45, 7) is 6.08. The minimum atomic E-state index is -0.338. The lowest BCUT2D eigenvalue weighted by Crippen LogP contribution is -2.40. The molecule has 0 aliphatic carbocycles. The number of nitrogens with one attached hydrogen (secondary N) is 1. The molecule has 1 aliphatic heterocycles. The summed E-state index contributed by atoms with van der Waals surface area (Å²) in [4.78, 5) is 14.3. The Morgan fingerprint density at radius 3 is 2.46 bits per heavy atom. The van der Waals surface area contributed by atoms with Gasteiger partial charge in [0.15, 0.2) is 0 Å². The van der Waals surface area contributed by atoms with E-state index in [0.717, 1.165) is 22.3 Å². The smallest absolute Gasteiger partial charge is 0.251 e. The predicted molar refractivity (Wildman–Crippen MR) is 93.9 cm³/mol. The van der Waals surface area contributed by atoms with Crippen LogP contribution in [0.2, 0.25) is 0 Å². The molecule has 2 aromatic carbocycles. The summed E-state index contributed by atoms with van der Waals surface area (Å²) in [7, 11) is 0. The predicted octanol–water partition coefficient (Wildman–Crippen LogP) is 4.25. The molecule has 24 heavy (non-hydrogen) atoms. The van der Waals surface area contributed by atoms with Crippen molar-refractivity contribution in [2.75, 3.05) is 5.32 Å². The summed E-state index contributed by atoms with van der Waals surface area (Å²) in [6.07, 6.45) is -0.338. The van der Waals surface area contributed by atoms with Crippen LogP contribution in [0, 0.1) is 12.7 Å². The zero-order chi connectivity index (χ0) is 17.3. The maximum atomic E-state index is 14.2. The number of benzene rings is 2. The number of rotatable bonds is 4. The van der Waals surface area contributed by atoms with Gasteiger partial charge in [-0.1, -0.05) is 36.4 Å². The van der Waals surface area contributed by atoms with E-state index in [1.165, 1.54) is 6.07 Å². The van der Waals surface area contributed by atoms with Gasteiger partial charge >= 0.3 is 0 Å². The van der Waals surface area contributed by atoms with Gasteiger partial charge in [-0.3, -0.25) is 4.79 Å². The lowest BCUT2D eigenvalue weighted by Gasteiger charge is -2.28. The highest BCUT2D eigenvalue weighted by atomic mass is 19.1. The van der Waals surface area contributed by atoms with Gasteiger partial charge in [-0.15, -0.1) is 0 Å². The van der Waals surface area contributed by atoms with Gasteiger partial charge in [-0.05, 0) is 49.6 Å². The van der Waals surface area contributed by atoms with Gasteiger partial charge in [-0.25, -0.2) is 4.39 Å². The first-order chi connectivity index (χ1) is 11.5. The molecule has 1 heterocycles. The first kappa shape index (κ1) is 16.2. The SMILES string of the molecule is CC1=C(C)[C@H](Nc2ccc(C)cc2F)N(Cc2ccccc2)C1=O. The normalized spacial score (nSPS) is 17.6. The van der Waals surface area contributed by atoms with Crippen LogP contribution in [0.5, 0.6) is 0 Å². The minimum Gasteiger partial charge on any atom is -0.359 e. The number of aryl methyl sites for hydroxylation is 1. The van der Waals surface area contributed by atoms with Crippen LogP contribution in [0.3, 0.4) is 0 Å². The molecule has 0 fully saturated rings. The third-order valence-corrected chi connectivity index (χ3v) is 4.51. The van der Waals surface area contributed by atoms with E-state index in [0.29, 0.717) is 12.2 Å².